The Kier molecular flexibility index (Phi) is 11.4. The van der Waals surface area contributed by atoms with Gasteiger partial charge in [0.15, 0.2) is 5.96 Å². The molecule has 6 nitrogen and oxygen atoms in total. The van der Waals surface area contributed by atoms with E-state index in [1.54, 1.807) is 7.05 Å². The maximum atomic E-state index is 11.7. The van der Waals surface area contributed by atoms with Crippen LogP contribution in [0, 0.1) is 5.92 Å². The second-order valence-electron chi connectivity index (χ2n) is 8.32. The van der Waals surface area contributed by atoms with E-state index in [9.17, 15) is 4.79 Å². The first-order valence-electron chi connectivity index (χ1n) is 11.3. The van der Waals surface area contributed by atoms with Gasteiger partial charge in [-0.05, 0) is 69.3 Å². The van der Waals surface area contributed by atoms with Crippen molar-refractivity contribution in [3.8, 4) is 0 Å². The molecule has 0 radical (unpaired) electrons. The number of piperidine rings is 1. The van der Waals surface area contributed by atoms with Gasteiger partial charge in [-0.15, -0.1) is 24.0 Å². The van der Waals surface area contributed by atoms with Gasteiger partial charge in [-0.2, -0.15) is 0 Å². The summed E-state index contributed by atoms with van der Waals surface area (Å²) in [4.78, 5) is 21.6. The number of hydrogen-bond donors (Lipinski definition) is 2. The molecule has 2 aliphatic heterocycles. The van der Waals surface area contributed by atoms with Crippen LogP contribution in [0.4, 0.5) is 0 Å². The van der Waals surface area contributed by atoms with Gasteiger partial charge in [0, 0.05) is 38.1 Å². The third-order valence-electron chi connectivity index (χ3n) is 6.23. The van der Waals surface area contributed by atoms with Crippen LogP contribution in [-0.4, -0.2) is 68.0 Å². The maximum absolute atomic E-state index is 11.7. The first kappa shape index (κ1) is 26.2. The second-order valence-corrected chi connectivity index (χ2v) is 8.75. The monoisotopic (exact) mass is 561 g/mol. The Morgan fingerprint density at radius 3 is 2.55 bits per heavy atom. The summed E-state index contributed by atoms with van der Waals surface area (Å²) in [5, 5.41) is 7.01. The van der Waals surface area contributed by atoms with Gasteiger partial charge >= 0.3 is 0 Å². The molecule has 2 N–H and O–H groups in total. The lowest BCUT2D eigenvalue weighted by Gasteiger charge is -2.34. The zero-order valence-corrected chi connectivity index (χ0v) is 21.9. The van der Waals surface area contributed by atoms with Crippen molar-refractivity contribution in [1.82, 2.24) is 20.4 Å². The fraction of sp³-hybridized carbons (Fsp3) is 0.652. The number of likely N-dealkylation sites (tertiary alicyclic amines) is 2. The molecule has 2 saturated heterocycles. The molecular formula is C23H37ClIN5O. The number of guanidine groups is 1. The van der Waals surface area contributed by atoms with Crippen molar-refractivity contribution in [3.05, 3.63) is 34.9 Å². The predicted octanol–water partition coefficient (Wildman–Crippen LogP) is 3.91. The highest BCUT2D eigenvalue weighted by Crippen LogP contribution is 2.27. The van der Waals surface area contributed by atoms with Crippen molar-refractivity contribution in [2.24, 2.45) is 10.9 Å². The Morgan fingerprint density at radius 1 is 1.23 bits per heavy atom. The molecule has 1 unspecified atom stereocenters. The molecular weight excluding hydrogens is 525 g/mol. The first-order chi connectivity index (χ1) is 14.6. The van der Waals surface area contributed by atoms with E-state index in [0.717, 1.165) is 63.1 Å². The molecule has 0 aromatic heterocycles. The smallest absolute Gasteiger partial charge is 0.220 e. The third-order valence-corrected chi connectivity index (χ3v) is 6.47. The van der Waals surface area contributed by atoms with E-state index in [2.05, 4.69) is 39.5 Å². The van der Waals surface area contributed by atoms with Crippen molar-refractivity contribution in [3.63, 3.8) is 0 Å². The van der Waals surface area contributed by atoms with Crippen LogP contribution in [0.15, 0.2) is 29.3 Å². The van der Waals surface area contributed by atoms with Crippen LogP contribution in [0.3, 0.4) is 0 Å². The Morgan fingerprint density at radius 2 is 1.94 bits per heavy atom. The summed E-state index contributed by atoms with van der Waals surface area (Å²) in [5.41, 5.74) is 1.24. The van der Waals surface area contributed by atoms with Gasteiger partial charge in [-0.25, -0.2) is 0 Å². The van der Waals surface area contributed by atoms with Gasteiger partial charge in [0.1, 0.15) is 0 Å². The quantitative estimate of drug-likeness (QED) is 0.301. The number of nitrogens with zero attached hydrogens (tertiary/aromatic N) is 3. The van der Waals surface area contributed by atoms with Crippen LogP contribution in [0.2, 0.25) is 5.02 Å². The minimum absolute atomic E-state index is 0. The lowest BCUT2D eigenvalue weighted by Crippen LogP contribution is -2.46. The molecule has 174 valence electrons. The summed E-state index contributed by atoms with van der Waals surface area (Å²) >= 11 is 6.29. The molecule has 2 fully saturated rings. The lowest BCUT2D eigenvalue weighted by molar-refractivity contribution is -0.121. The molecule has 0 saturated carbocycles. The minimum atomic E-state index is 0. The second kappa shape index (κ2) is 13.5. The van der Waals surface area contributed by atoms with Crippen LogP contribution in [0.1, 0.15) is 50.6 Å². The minimum Gasteiger partial charge on any atom is -0.359 e. The van der Waals surface area contributed by atoms with Gasteiger partial charge in [0.05, 0.1) is 12.6 Å². The molecule has 0 spiro atoms. The molecule has 2 aliphatic rings. The van der Waals surface area contributed by atoms with Crippen LogP contribution in [-0.2, 0) is 4.79 Å². The molecule has 0 aliphatic carbocycles. The highest BCUT2D eigenvalue weighted by Gasteiger charge is 2.26. The highest BCUT2D eigenvalue weighted by atomic mass is 127. The topological polar surface area (TPSA) is 60.0 Å². The molecule has 31 heavy (non-hydrogen) atoms. The Balaban J connectivity index is 0.00000341. The fourth-order valence-corrected chi connectivity index (χ4v) is 4.71. The molecule has 2 heterocycles. The van der Waals surface area contributed by atoms with Gasteiger partial charge in [-0.1, -0.05) is 23.7 Å². The zero-order chi connectivity index (χ0) is 21.3. The van der Waals surface area contributed by atoms with Gasteiger partial charge in [0.25, 0.3) is 0 Å². The zero-order valence-electron chi connectivity index (χ0n) is 18.8. The van der Waals surface area contributed by atoms with Crippen molar-refractivity contribution in [2.45, 2.75) is 45.1 Å². The number of halogens is 2. The number of nitrogens with one attached hydrogen (secondary N) is 2. The molecule has 1 atom stereocenters. The number of aliphatic imine (C=N–C) groups is 1. The standard InChI is InChI=1S/C23H36ClN5O.HI/c1-3-26-23(29-13-9-18(10-14-29)15-22(30)25-2)27-17-21(28-11-4-5-12-28)19-7-6-8-20(24)16-19;/h6-8,16,18,21H,3-5,9-15,17H2,1-2H3,(H,25,30)(H,26,27);1H. The summed E-state index contributed by atoms with van der Waals surface area (Å²) in [6, 6.07) is 8.47. The number of hydrogen-bond acceptors (Lipinski definition) is 3. The van der Waals surface area contributed by atoms with E-state index in [0.29, 0.717) is 12.3 Å². The number of carbonyl (C=O) groups excluding carboxylic acids is 1. The average Bonchev–Trinajstić information content (AvgIpc) is 3.28. The van der Waals surface area contributed by atoms with E-state index in [1.807, 2.05) is 12.1 Å². The number of benzene rings is 1. The molecule has 0 bridgehead atoms. The summed E-state index contributed by atoms with van der Waals surface area (Å²) in [5.74, 6) is 1.60. The van der Waals surface area contributed by atoms with Crippen LogP contribution in [0.25, 0.3) is 0 Å². The van der Waals surface area contributed by atoms with E-state index in [1.165, 1.54) is 18.4 Å². The van der Waals surface area contributed by atoms with E-state index in [4.69, 9.17) is 16.6 Å². The maximum Gasteiger partial charge on any atom is 0.220 e. The van der Waals surface area contributed by atoms with Crippen molar-refractivity contribution < 1.29 is 4.79 Å². The van der Waals surface area contributed by atoms with E-state index < -0.39 is 0 Å². The number of rotatable bonds is 7. The largest absolute Gasteiger partial charge is 0.359 e. The normalized spacial score (nSPS) is 19.1. The van der Waals surface area contributed by atoms with Gasteiger partial charge < -0.3 is 15.5 Å². The van der Waals surface area contributed by atoms with Crippen LogP contribution in [0.5, 0.6) is 0 Å². The number of carbonyl (C=O) groups is 1. The number of amides is 1. The Bertz CT molecular complexity index is 718. The highest BCUT2D eigenvalue weighted by molar-refractivity contribution is 14.0. The Hall–Kier alpha value is -1.06. The molecule has 1 aromatic carbocycles. The van der Waals surface area contributed by atoms with E-state index in [-0.39, 0.29) is 35.9 Å². The fourth-order valence-electron chi connectivity index (χ4n) is 4.51. The molecule has 1 aromatic rings. The summed E-state index contributed by atoms with van der Waals surface area (Å²) < 4.78 is 0. The predicted molar refractivity (Wildman–Crippen MR) is 139 cm³/mol. The summed E-state index contributed by atoms with van der Waals surface area (Å²) in [7, 11) is 1.71. The van der Waals surface area contributed by atoms with Crippen LogP contribution >= 0.6 is 35.6 Å². The first-order valence-corrected chi connectivity index (χ1v) is 11.7. The Labute approximate surface area is 209 Å². The average molecular weight is 562 g/mol. The molecule has 1 amide bonds. The van der Waals surface area contributed by atoms with Gasteiger partial charge in [0.2, 0.25) is 5.91 Å². The lowest BCUT2D eigenvalue weighted by atomic mass is 9.93. The van der Waals surface area contributed by atoms with Crippen molar-refractivity contribution in [1.29, 1.82) is 0 Å². The van der Waals surface area contributed by atoms with E-state index >= 15 is 0 Å². The SMILES string of the molecule is CCNC(=NCC(c1cccc(Cl)c1)N1CCCC1)N1CCC(CC(=O)NC)CC1.I. The van der Waals surface area contributed by atoms with Crippen molar-refractivity contribution >= 4 is 47.4 Å². The van der Waals surface area contributed by atoms with Crippen LogP contribution < -0.4 is 10.6 Å². The summed E-state index contributed by atoms with van der Waals surface area (Å²) in [6.07, 6.45) is 5.19. The van der Waals surface area contributed by atoms with Crippen molar-refractivity contribution in [2.75, 3.05) is 46.3 Å². The summed E-state index contributed by atoms with van der Waals surface area (Å²) in [6.45, 7) is 7.81. The third kappa shape index (κ3) is 7.79. The molecule has 3 rings (SSSR count). The van der Waals surface area contributed by atoms with Gasteiger partial charge in [-0.3, -0.25) is 14.7 Å². The molecule has 8 heteroatoms.